The number of rotatable bonds is 6. The second kappa shape index (κ2) is 6.41. The van der Waals surface area contributed by atoms with Gasteiger partial charge in [-0.3, -0.25) is 0 Å². The van der Waals surface area contributed by atoms with Crippen molar-refractivity contribution in [3.05, 3.63) is 53.4 Å². The normalized spacial score (nSPS) is 13.3. The summed E-state index contributed by atoms with van der Waals surface area (Å²) in [5, 5.41) is 9.97. The molecule has 2 aromatic rings. The minimum absolute atomic E-state index is 0.0273. The van der Waals surface area contributed by atoms with Crippen molar-refractivity contribution in [1.29, 1.82) is 0 Å². The Kier molecular flexibility index (Phi) is 4.82. The van der Waals surface area contributed by atoms with Gasteiger partial charge in [0.15, 0.2) is 0 Å². The van der Waals surface area contributed by atoms with E-state index in [-0.39, 0.29) is 22.9 Å². The van der Waals surface area contributed by atoms with E-state index in [1.807, 2.05) is 0 Å². The molecule has 7 heteroatoms. The van der Waals surface area contributed by atoms with E-state index in [4.69, 9.17) is 16.0 Å². The topological polar surface area (TPSA) is 79.5 Å². The van der Waals surface area contributed by atoms with Crippen LogP contribution < -0.4 is 4.72 Å². The molecule has 0 aliphatic carbocycles. The van der Waals surface area contributed by atoms with E-state index < -0.39 is 16.1 Å². The van der Waals surface area contributed by atoms with Crippen molar-refractivity contribution >= 4 is 21.6 Å². The molecule has 0 bridgehead atoms. The van der Waals surface area contributed by atoms with Crippen LogP contribution in [0.15, 0.2) is 52.2 Å². The van der Waals surface area contributed by atoms with Crippen molar-refractivity contribution in [3.63, 3.8) is 0 Å². The highest BCUT2D eigenvalue weighted by molar-refractivity contribution is 7.89. The van der Waals surface area contributed by atoms with Crippen LogP contribution in [0.25, 0.3) is 0 Å². The van der Waals surface area contributed by atoms with Gasteiger partial charge in [0.05, 0.1) is 23.7 Å². The van der Waals surface area contributed by atoms with E-state index >= 15 is 0 Å². The van der Waals surface area contributed by atoms with E-state index in [0.29, 0.717) is 5.56 Å². The Balaban J connectivity index is 1.95. The zero-order chi connectivity index (χ0) is 14.6. The van der Waals surface area contributed by atoms with Gasteiger partial charge in [-0.25, -0.2) is 13.1 Å². The lowest BCUT2D eigenvalue weighted by Gasteiger charge is -2.10. The minimum atomic E-state index is -3.67. The molecule has 0 saturated carbocycles. The Morgan fingerprint density at radius 3 is 2.70 bits per heavy atom. The summed E-state index contributed by atoms with van der Waals surface area (Å²) < 4.78 is 31.3. The monoisotopic (exact) mass is 315 g/mol. The molecule has 20 heavy (non-hydrogen) atoms. The zero-order valence-electron chi connectivity index (χ0n) is 10.5. The number of aliphatic hydroxyl groups is 1. The molecule has 1 atom stereocenters. The maximum Gasteiger partial charge on any atom is 0.242 e. The molecule has 2 rings (SSSR count). The number of halogens is 1. The molecule has 1 heterocycles. The summed E-state index contributed by atoms with van der Waals surface area (Å²) in [6.45, 7) is 0.0971. The van der Waals surface area contributed by atoms with Crippen molar-refractivity contribution in [2.24, 2.45) is 0 Å². The molecular weight excluding hydrogens is 302 g/mol. The van der Waals surface area contributed by atoms with E-state index in [0.717, 1.165) is 0 Å². The summed E-state index contributed by atoms with van der Waals surface area (Å²) in [6, 6.07) is 7.83. The fourth-order valence-electron chi connectivity index (χ4n) is 1.70. The average Bonchev–Trinajstić information content (AvgIpc) is 2.92. The molecule has 1 aromatic heterocycles. The minimum Gasteiger partial charge on any atom is -0.472 e. The molecule has 0 aliphatic heterocycles. The molecule has 0 amide bonds. The van der Waals surface area contributed by atoms with Crippen LogP contribution in [-0.4, -0.2) is 20.1 Å². The van der Waals surface area contributed by atoms with Gasteiger partial charge in [0.25, 0.3) is 0 Å². The van der Waals surface area contributed by atoms with Crippen molar-refractivity contribution in [2.45, 2.75) is 17.4 Å². The van der Waals surface area contributed by atoms with E-state index in [9.17, 15) is 13.5 Å². The Morgan fingerprint density at radius 1 is 1.30 bits per heavy atom. The number of aliphatic hydroxyl groups excluding tert-OH is 1. The molecule has 5 nitrogen and oxygen atoms in total. The Hall–Kier alpha value is -1.34. The predicted molar refractivity (Wildman–Crippen MR) is 74.9 cm³/mol. The Bertz CT molecular complexity index is 655. The first kappa shape index (κ1) is 15.1. The molecule has 0 saturated heterocycles. The lowest BCUT2D eigenvalue weighted by Crippen LogP contribution is -2.26. The van der Waals surface area contributed by atoms with Gasteiger partial charge in [0.2, 0.25) is 10.0 Å². The molecule has 0 spiro atoms. The highest BCUT2D eigenvalue weighted by Crippen LogP contribution is 2.21. The van der Waals surface area contributed by atoms with Gasteiger partial charge in [-0.2, -0.15) is 0 Å². The number of benzene rings is 1. The van der Waals surface area contributed by atoms with Gasteiger partial charge < -0.3 is 9.52 Å². The third-order valence-electron chi connectivity index (χ3n) is 2.76. The zero-order valence-corrected chi connectivity index (χ0v) is 12.1. The smallest absolute Gasteiger partial charge is 0.242 e. The van der Waals surface area contributed by atoms with Crippen LogP contribution in [0.5, 0.6) is 0 Å². The molecule has 108 valence electrons. The highest BCUT2D eigenvalue weighted by Gasteiger charge is 2.17. The van der Waals surface area contributed by atoms with Crippen molar-refractivity contribution in [1.82, 2.24) is 4.72 Å². The molecule has 0 aliphatic rings. The van der Waals surface area contributed by atoms with E-state index in [1.54, 1.807) is 18.2 Å². The van der Waals surface area contributed by atoms with Crippen molar-refractivity contribution in [3.8, 4) is 0 Å². The third-order valence-corrected chi connectivity index (χ3v) is 4.72. The summed E-state index contributed by atoms with van der Waals surface area (Å²) in [5.74, 6) is 0. The van der Waals surface area contributed by atoms with Gasteiger partial charge in [-0.05, 0) is 24.6 Å². The number of hydrogen-bond donors (Lipinski definition) is 2. The Morgan fingerprint density at radius 2 is 2.05 bits per heavy atom. The number of nitrogens with one attached hydrogen (secondary N) is 1. The largest absolute Gasteiger partial charge is 0.472 e. The maximum absolute atomic E-state index is 12.0. The summed E-state index contributed by atoms with van der Waals surface area (Å²) in [4.78, 5) is 0.0273. The number of sulfonamides is 1. The van der Waals surface area contributed by atoms with Crippen LogP contribution in [0, 0.1) is 0 Å². The lowest BCUT2D eigenvalue weighted by molar-refractivity contribution is 0.168. The second-order valence-electron chi connectivity index (χ2n) is 4.19. The average molecular weight is 316 g/mol. The van der Waals surface area contributed by atoms with Gasteiger partial charge in [0, 0.05) is 12.1 Å². The summed E-state index contributed by atoms with van der Waals surface area (Å²) >= 11 is 5.85. The predicted octanol–water partition coefficient (Wildman–Crippen LogP) is 2.33. The number of furan rings is 1. The highest BCUT2D eigenvalue weighted by atomic mass is 35.5. The van der Waals surface area contributed by atoms with Crippen molar-refractivity contribution < 1.29 is 17.9 Å². The van der Waals surface area contributed by atoms with Crippen molar-refractivity contribution in [2.75, 3.05) is 6.54 Å². The second-order valence-corrected chi connectivity index (χ2v) is 6.33. The van der Waals surface area contributed by atoms with Gasteiger partial charge in [0.1, 0.15) is 4.90 Å². The van der Waals surface area contributed by atoms with Gasteiger partial charge in [-0.15, -0.1) is 0 Å². The first-order chi connectivity index (χ1) is 9.50. The van der Waals surface area contributed by atoms with Crippen LogP contribution in [0.2, 0.25) is 5.02 Å². The molecular formula is C13H14ClNO4S. The van der Waals surface area contributed by atoms with Crippen LogP contribution in [0.4, 0.5) is 0 Å². The first-order valence-corrected chi connectivity index (χ1v) is 7.81. The van der Waals surface area contributed by atoms with E-state index in [2.05, 4.69) is 4.72 Å². The molecule has 0 fully saturated rings. The summed E-state index contributed by atoms with van der Waals surface area (Å²) in [7, 11) is -3.67. The first-order valence-electron chi connectivity index (χ1n) is 5.95. The van der Waals surface area contributed by atoms with Gasteiger partial charge in [-0.1, -0.05) is 23.7 Å². The van der Waals surface area contributed by atoms with Crippen LogP contribution in [-0.2, 0) is 10.0 Å². The van der Waals surface area contributed by atoms with E-state index in [1.165, 1.54) is 24.7 Å². The Labute approximate surface area is 122 Å². The molecule has 1 aromatic carbocycles. The maximum atomic E-state index is 12.0. The van der Waals surface area contributed by atoms with Crippen LogP contribution in [0.3, 0.4) is 0 Å². The number of hydrogen-bond acceptors (Lipinski definition) is 4. The molecule has 0 radical (unpaired) electrons. The lowest BCUT2D eigenvalue weighted by atomic mass is 10.1. The SMILES string of the molecule is O=S(=O)(NCCC(O)c1ccoc1)c1ccccc1Cl. The standard InChI is InChI=1S/C13H14ClNO4S/c14-11-3-1-2-4-13(11)20(17,18)15-7-5-12(16)10-6-8-19-9-10/h1-4,6,8-9,12,15-16H,5,7H2. The van der Waals surface area contributed by atoms with Gasteiger partial charge >= 0.3 is 0 Å². The summed E-state index contributed by atoms with van der Waals surface area (Å²) in [5.41, 5.74) is 0.613. The fraction of sp³-hybridized carbons (Fsp3) is 0.231. The molecule has 2 N–H and O–H groups in total. The van der Waals surface area contributed by atoms with Crippen LogP contribution in [0.1, 0.15) is 18.1 Å². The van der Waals surface area contributed by atoms with Crippen LogP contribution >= 0.6 is 11.6 Å². The third kappa shape index (κ3) is 3.61. The fourth-order valence-corrected chi connectivity index (χ4v) is 3.27. The quantitative estimate of drug-likeness (QED) is 0.857. The molecule has 1 unspecified atom stereocenters. The summed E-state index contributed by atoms with van der Waals surface area (Å²) in [6.07, 6.45) is 2.34.